The highest BCUT2D eigenvalue weighted by atomic mass is 127. The normalized spacial score (nSPS) is 17.5. The largest absolute Gasteiger partial charge is 0.466 e. The topological polar surface area (TPSA) is 77.5 Å². The average Bonchev–Trinajstić information content (AvgIpc) is 2.91. The van der Waals surface area contributed by atoms with Gasteiger partial charge in [0.05, 0.1) is 18.7 Å². The molecule has 39 heavy (non-hydrogen) atoms. The molecule has 0 spiro atoms. The van der Waals surface area contributed by atoms with Crippen LogP contribution < -0.4 is 10.2 Å². The number of benzene rings is 2. The molecule has 0 aromatic heterocycles. The van der Waals surface area contributed by atoms with Crippen LogP contribution in [0.2, 0.25) is 0 Å². The fourth-order valence-electron chi connectivity index (χ4n) is 4.89. The van der Waals surface area contributed by atoms with Crippen molar-refractivity contribution in [1.82, 2.24) is 15.2 Å². The summed E-state index contributed by atoms with van der Waals surface area (Å²) in [6, 6.07) is 11.1. The maximum absolute atomic E-state index is 14.0. The second-order valence-electron chi connectivity index (χ2n) is 9.99. The van der Waals surface area contributed by atoms with E-state index in [1.54, 1.807) is 18.0 Å². The predicted molar refractivity (Wildman–Crippen MR) is 160 cm³/mol. The number of nitrogens with one attached hydrogen (secondary N) is 1. The van der Waals surface area contributed by atoms with Gasteiger partial charge in [0.1, 0.15) is 16.4 Å². The summed E-state index contributed by atoms with van der Waals surface area (Å²) in [6.07, 6.45) is 0.819. The molecule has 2 aromatic rings. The minimum atomic E-state index is -0.405. The van der Waals surface area contributed by atoms with Gasteiger partial charge in [-0.1, -0.05) is 28.7 Å². The number of aryl methyl sites for hydroxylation is 2. The zero-order valence-corrected chi connectivity index (χ0v) is 25.0. The summed E-state index contributed by atoms with van der Waals surface area (Å²) in [5.41, 5.74) is 5.80. The summed E-state index contributed by atoms with van der Waals surface area (Å²) in [4.78, 5) is 29.8. The van der Waals surface area contributed by atoms with Gasteiger partial charge < -0.3 is 15.0 Å². The molecule has 2 heterocycles. The number of halogens is 2. The van der Waals surface area contributed by atoms with E-state index in [-0.39, 0.29) is 35.3 Å². The Morgan fingerprint density at radius 1 is 1.10 bits per heavy atom. The fourth-order valence-corrected chi connectivity index (χ4v) is 5.73. The zero-order valence-electron chi connectivity index (χ0n) is 22.9. The first-order valence-corrected chi connectivity index (χ1v) is 14.7. The summed E-state index contributed by atoms with van der Waals surface area (Å²) in [7, 11) is 0. The Kier molecular flexibility index (Phi) is 10.2. The van der Waals surface area contributed by atoms with Gasteiger partial charge in [-0.3, -0.25) is 19.5 Å². The Balaban J connectivity index is 1.24. The fraction of sp³-hybridized carbons (Fsp3) is 0.483. The molecule has 210 valence electrons. The number of hydrogen-bond acceptors (Lipinski definition) is 7. The van der Waals surface area contributed by atoms with Gasteiger partial charge in [-0.15, -0.1) is 0 Å². The predicted octanol–water partition coefficient (Wildman–Crippen LogP) is 4.18. The van der Waals surface area contributed by atoms with Gasteiger partial charge in [-0.25, -0.2) is 4.39 Å². The van der Waals surface area contributed by atoms with Crippen molar-refractivity contribution in [3.63, 3.8) is 0 Å². The average molecular weight is 650 g/mol. The highest BCUT2D eigenvalue weighted by Gasteiger charge is 2.30. The van der Waals surface area contributed by atoms with Crippen LogP contribution in [0.4, 0.5) is 10.1 Å². The molecule has 0 radical (unpaired) electrons. The number of fused-ring (bicyclic) bond motifs is 1. The van der Waals surface area contributed by atoms with E-state index >= 15 is 0 Å². The van der Waals surface area contributed by atoms with Gasteiger partial charge in [0.2, 0.25) is 5.91 Å². The van der Waals surface area contributed by atoms with Gasteiger partial charge in [0, 0.05) is 44.0 Å². The second-order valence-corrected chi connectivity index (χ2v) is 11.2. The minimum Gasteiger partial charge on any atom is -0.466 e. The van der Waals surface area contributed by atoms with Crippen LogP contribution in [-0.2, 0) is 14.3 Å². The van der Waals surface area contributed by atoms with Crippen LogP contribution in [0.5, 0.6) is 0 Å². The smallest absolute Gasteiger partial charge is 0.311 e. The summed E-state index contributed by atoms with van der Waals surface area (Å²) in [5, 5.41) is 9.19. The third-order valence-corrected chi connectivity index (χ3v) is 8.53. The van der Waals surface area contributed by atoms with Crippen molar-refractivity contribution in [2.45, 2.75) is 37.7 Å². The van der Waals surface area contributed by atoms with Crippen LogP contribution >= 0.6 is 22.6 Å². The molecule has 1 N–H and O–H groups in total. The lowest BCUT2D eigenvalue weighted by atomic mass is 9.99. The number of piperazine rings is 1. The van der Waals surface area contributed by atoms with Crippen molar-refractivity contribution in [1.29, 1.82) is 0 Å². The number of nitrogens with zero attached hydrogens (tertiary/aromatic N) is 4. The number of hydrogen-bond donors (Lipinski definition) is 1. The monoisotopic (exact) mass is 649 g/mol. The van der Waals surface area contributed by atoms with E-state index in [0.717, 1.165) is 39.1 Å². The second kappa shape index (κ2) is 13.6. The van der Waals surface area contributed by atoms with Gasteiger partial charge in [0.15, 0.2) is 0 Å². The van der Waals surface area contributed by atoms with Crippen LogP contribution in [0.25, 0.3) is 0 Å². The van der Waals surface area contributed by atoms with Crippen molar-refractivity contribution in [3.8, 4) is 0 Å². The highest BCUT2D eigenvalue weighted by molar-refractivity contribution is 14.1. The molecule has 1 unspecified atom stereocenters. The number of amides is 1. The molecule has 1 atom stereocenters. The van der Waals surface area contributed by atoms with Gasteiger partial charge in [-0.05, 0) is 80.8 Å². The zero-order chi connectivity index (χ0) is 27.9. The molecule has 0 bridgehead atoms. The Morgan fingerprint density at radius 2 is 1.87 bits per heavy atom. The molecule has 1 saturated heterocycles. The number of carbonyl (C=O) groups excluding carboxylic acids is 2. The highest BCUT2D eigenvalue weighted by Crippen LogP contribution is 2.36. The van der Waals surface area contributed by atoms with Crippen molar-refractivity contribution < 1.29 is 18.7 Å². The summed E-state index contributed by atoms with van der Waals surface area (Å²) < 4.78 is 18.8. The number of esters is 1. The van der Waals surface area contributed by atoms with Crippen molar-refractivity contribution in [2.75, 3.05) is 57.3 Å². The molecule has 2 aliphatic heterocycles. The van der Waals surface area contributed by atoms with E-state index in [1.807, 2.05) is 0 Å². The third-order valence-electron chi connectivity index (χ3n) is 7.22. The maximum atomic E-state index is 14.0. The summed E-state index contributed by atoms with van der Waals surface area (Å²) in [6.45, 7) is 11.8. The van der Waals surface area contributed by atoms with Crippen LogP contribution in [0.15, 0.2) is 41.5 Å². The molecular formula is C29H37FIN5O3. The maximum Gasteiger partial charge on any atom is 0.311 e. The molecule has 2 aromatic carbocycles. The SMILES string of the molecule is CCOC(=O)CC1=NN(CC(=O)NCCCN2CCN(c3ccc(C)c(C)c3)CC2)C(I)c2cc(F)ccc21. The molecule has 1 amide bonds. The Labute approximate surface area is 243 Å². The van der Waals surface area contributed by atoms with E-state index in [4.69, 9.17) is 4.74 Å². The molecular weight excluding hydrogens is 612 g/mol. The first-order valence-electron chi connectivity index (χ1n) is 13.5. The van der Waals surface area contributed by atoms with E-state index in [2.05, 4.69) is 74.9 Å². The summed E-state index contributed by atoms with van der Waals surface area (Å²) >= 11 is 2.15. The van der Waals surface area contributed by atoms with E-state index in [1.165, 1.54) is 28.9 Å². The van der Waals surface area contributed by atoms with Crippen LogP contribution in [0.3, 0.4) is 0 Å². The standard InChI is InChI=1S/C29H37FIN5O3/c1-4-39-28(38)18-26-24-9-7-22(30)17-25(24)29(31)36(33-26)19-27(37)32-10-5-11-34-12-14-35(15-13-34)23-8-6-20(2)21(3)16-23/h6-9,16-17,29H,4-5,10-15,18-19H2,1-3H3,(H,32,37). The molecule has 0 saturated carbocycles. The lowest BCUT2D eigenvalue weighted by Gasteiger charge is -2.36. The third kappa shape index (κ3) is 7.69. The van der Waals surface area contributed by atoms with Crippen LogP contribution in [-0.4, -0.2) is 79.9 Å². The Hall–Kier alpha value is -2.73. The van der Waals surface area contributed by atoms with Crippen LogP contribution in [0, 0.1) is 19.7 Å². The number of rotatable bonds is 10. The molecule has 8 nitrogen and oxygen atoms in total. The summed E-state index contributed by atoms with van der Waals surface area (Å²) in [5.74, 6) is -0.931. The van der Waals surface area contributed by atoms with Gasteiger partial charge >= 0.3 is 5.97 Å². The molecule has 4 rings (SSSR count). The molecule has 1 fully saturated rings. The molecule has 2 aliphatic rings. The van der Waals surface area contributed by atoms with Crippen LogP contribution in [0.1, 0.15) is 46.1 Å². The Morgan fingerprint density at radius 3 is 2.59 bits per heavy atom. The molecule has 0 aliphatic carbocycles. The number of anilines is 1. The first kappa shape index (κ1) is 29.3. The number of ether oxygens (including phenoxy) is 1. The lowest BCUT2D eigenvalue weighted by molar-refractivity contribution is -0.141. The van der Waals surface area contributed by atoms with E-state index < -0.39 is 5.97 Å². The van der Waals surface area contributed by atoms with E-state index in [0.29, 0.717) is 23.4 Å². The number of hydrazone groups is 1. The number of alkyl halides is 1. The van der Waals surface area contributed by atoms with Gasteiger partial charge in [0.25, 0.3) is 0 Å². The number of carbonyl (C=O) groups is 2. The van der Waals surface area contributed by atoms with E-state index in [9.17, 15) is 14.0 Å². The van der Waals surface area contributed by atoms with Crippen molar-refractivity contribution >= 4 is 45.9 Å². The molecule has 10 heteroatoms. The quantitative estimate of drug-likeness (QED) is 0.137. The van der Waals surface area contributed by atoms with Crippen molar-refractivity contribution in [3.05, 3.63) is 64.5 Å². The lowest BCUT2D eigenvalue weighted by Crippen LogP contribution is -2.47. The first-order chi connectivity index (χ1) is 18.7. The van der Waals surface area contributed by atoms with Crippen molar-refractivity contribution in [2.24, 2.45) is 5.10 Å². The van der Waals surface area contributed by atoms with Gasteiger partial charge in [-0.2, -0.15) is 5.10 Å². The Bertz CT molecular complexity index is 1220. The minimum absolute atomic E-state index is 0.0184.